The molecule has 2 aromatic carbocycles. The fourth-order valence-corrected chi connectivity index (χ4v) is 2.44. The first-order valence-electron chi connectivity index (χ1n) is 8.23. The second-order valence-corrected chi connectivity index (χ2v) is 6.47. The van der Waals surface area contributed by atoms with Gasteiger partial charge in [-0.05, 0) is 41.8 Å². The summed E-state index contributed by atoms with van der Waals surface area (Å²) in [6.07, 6.45) is 0.989. The Morgan fingerprint density at radius 1 is 1.04 bits per heavy atom. The van der Waals surface area contributed by atoms with Crippen molar-refractivity contribution in [2.24, 2.45) is 0 Å². The van der Waals surface area contributed by atoms with E-state index in [1.54, 1.807) is 7.11 Å². The lowest BCUT2D eigenvalue weighted by atomic mass is 9.84. The highest BCUT2D eigenvalue weighted by atomic mass is 16.5. The molecule has 0 atom stereocenters. The number of hydrogen-bond donors (Lipinski definition) is 2. The number of methoxy groups -OCH3 is 1. The number of urea groups is 1. The number of amides is 2. The summed E-state index contributed by atoms with van der Waals surface area (Å²) in [5.74, 6) is 0.829. The van der Waals surface area contributed by atoms with Gasteiger partial charge in [0.2, 0.25) is 0 Å². The summed E-state index contributed by atoms with van der Waals surface area (Å²) in [6, 6.07) is 15.6. The van der Waals surface area contributed by atoms with Gasteiger partial charge in [0.1, 0.15) is 5.75 Å². The number of hydrogen-bond acceptors (Lipinski definition) is 2. The van der Waals surface area contributed by atoms with Gasteiger partial charge in [0.15, 0.2) is 0 Å². The van der Waals surface area contributed by atoms with Gasteiger partial charge in [0, 0.05) is 17.6 Å². The zero-order chi connectivity index (χ0) is 17.6. The Kier molecular flexibility index (Phi) is 5.85. The first-order valence-corrected chi connectivity index (χ1v) is 8.23. The van der Waals surface area contributed by atoms with E-state index in [0.717, 1.165) is 23.4 Å². The topological polar surface area (TPSA) is 50.4 Å². The second-order valence-electron chi connectivity index (χ2n) is 6.47. The summed E-state index contributed by atoms with van der Waals surface area (Å²) >= 11 is 0. The van der Waals surface area contributed by atoms with Crippen molar-refractivity contribution in [1.82, 2.24) is 5.32 Å². The van der Waals surface area contributed by atoms with Gasteiger partial charge >= 0.3 is 6.03 Å². The standard InChI is InChI=1S/C20H26N2O2/c1-5-15-6-10-17(11-7-15)22-19(23)21-14-20(2,3)16-8-12-18(24-4)13-9-16/h6-13H,5,14H2,1-4H3,(H2,21,22,23). The highest BCUT2D eigenvalue weighted by molar-refractivity contribution is 5.89. The zero-order valence-electron chi connectivity index (χ0n) is 14.8. The molecule has 0 aliphatic carbocycles. The predicted octanol–water partition coefficient (Wildman–Crippen LogP) is 4.36. The lowest BCUT2D eigenvalue weighted by Gasteiger charge is -2.26. The molecule has 2 N–H and O–H groups in total. The van der Waals surface area contributed by atoms with Gasteiger partial charge in [-0.2, -0.15) is 0 Å². The number of benzene rings is 2. The minimum atomic E-state index is -0.194. The van der Waals surface area contributed by atoms with Crippen molar-refractivity contribution in [3.63, 3.8) is 0 Å². The zero-order valence-corrected chi connectivity index (χ0v) is 14.8. The molecule has 0 heterocycles. The summed E-state index contributed by atoms with van der Waals surface area (Å²) < 4.78 is 5.18. The van der Waals surface area contributed by atoms with Crippen LogP contribution >= 0.6 is 0 Å². The maximum atomic E-state index is 12.1. The van der Waals surface area contributed by atoms with E-state index in [4.69, 9.17) is 4.74 Å². The van der Waals surface area contributed by atoms with Gasteiger partial charge < -0.3 is 15.4 Å². The highest BCUT2D eigenvalue weighted by Crippen LogP contribution is 2.24. The molecule has 0 saturated heterocycles. The fraction of sp³-hybridized carbons (Fsp3) is 0.350. The highest BCUT2D eigenvalue weighted by Gasteiger charge is 2.21. The van der Waals surface area contributed by atoms with Crippen molar-refractivity contribution in [3.05, 3.63) is 59.7 Å². The minimum absolute atomic E-state index is 0.171. The summed E-state index contributed by atoms with van der Waals surface area (Å²) in [6.45, 7) is 6.85. The van der Waals surface area contributed by atoms with Crippen LogP contribution in [0.5, 0.6) is 5.75 Å². The van der Waals surface area contributed by atoms with E-state index in [9.17, 15) is 4.79 Å². The van der Waals surface area contributed by atoms with Gasteiger partial charge in [0.25, 0.3) is 0 Å². The summed E-state index contributed by atoms with van der Waals surface area (Å²) in [4.78, 5) is 12.1. The molecule has 0 saturated carbocycles. The molecule has 0 radical (unpaired) electrons. The van der Waals surface area contributed by atoms with Crippen LogP contribution in [0.15, 0.2) is 48.5 Å². The molecule has 0 fully saturated rings. The van der Waals surface area contributed by atoms with Gasteiger partial charge in [-0.3, -0.25) is 0 Å². The number of rotatable bonds is 6. The normalized spacial score (nSPS) is 11.0. The van der Waals surface area contributed by atoms with E-state index in [2.05, 4.69) is 31.4 Å². The maximum absolute atomic E-state index is 12.1. The van der Waals surface area contributed by atoms with E-state index in [1.807, 2.05) is 48.5 Å². The Hall–Kier alpha value is -2.49. The molecule has 128 valence electrons. The summed E-state index contributed by atoms with van der Waals surface area (Å²) in [5.41, 5.74) is 3.03. The SMILES string of the molecule is CCc1ccc(NC(=O)NCC(C)(C)c2ccc(OC)cc2)cc1. The second kappa shape index (κ2) is 7.86. The number of carbonyl (C=O) groups excluding carboxylic acids is 1. The molecule has 0 aliphatic rings. The van der Waals surface area contributed by atoms with Crippen LogP contribution in [0, 0.1) is 0 Å². The summed E-state index contributed by atoms with van der Waals surface area (Å²) in [7, 11) is 1.65. The van der Waals surface area contributed by atoms with Crippen molar-refractivity contribution in [1.29, 1.82) is 0 Å². The molecule has 24 heavy (non-hydrogen) atoms. The van der Waals surface area contributed by atoms with Crippen LogP contribution in [0.4, 0.5) is 10.5 Å². The summed E-state index contributed by atoms with van der Waals surface area (Å²) in [5, 5.41) is 5.81. The van der Waals surface area contributed by atoms with E-state index in [0.29, 0.717) is 6.54 Å². The molecule has 2 rings (SSSR count). The Morgan fingerprint density at radius 3 is 2.21 bits per heavy atom. The maximum Gasteiger partial charge on any atom is 0.319 e. The molecular formula is C20H26N2O2. The number of nitrogens with one attached hydrogen (secondary N) is 2. The van der Waals surface area contributed by atoms with Gasteiger partial charge in [0.05, 0.1) is 7.11 Å². The molecule has 0 spiro atoms. The third kappa shape index (κ3) is 4.75. The molecule has 2 amide bonds. The molecule has 0 bridgehead atoms. The third-order valence-corrected chi connectivity index (χ3v) is 4.18. The molecule has 0 aromatic heterocycles. The lowest BCUT2D eigenvalue weighted by molar-refractivity contribution is 0.249. The quantitative estimate of drug-likeness (QED) is 0.829. The Morgan fingerprint density at radius 2 is 1.67 bits per heavy atom. The molecule has 4 heteroatoms. The molecule has 4 nitrogen and oxygen atoms in total. The van der Waals surface area contributed by atoms with E-state index < -0.39 is 0 Å². The van der Waals surface area contributed by atoms with Gasteiger partial charge in [-0.25, -0.2) is 4.79 Å². The van der Waals surface area contributed by atoms with Crippen LogP contribution in [-0.2, 0) is 11.8 Å². The Bertz CT molecular complexity index is 661. The van der Waals surface area contributed by atoms with E-state index >= 15 is 0 Å². The van der Waals surface area contributed by atoms with Crippen molar-refractivity contribution >= 4 is 11.7 Å². The monoisotopic (exact) mass is 326 g/mol. The first-order chi connectivity index (χ1) is 11.4. The fourth-order valence-electron chi connectivity index (χ4n) is 2.44. The van der Waals surface area contributed by atoms with Gasteiger partial charge in [-0.1, -0.05) is 45.0 Å². The van der Waals surface area contributed by atoms with E-state index in [1.165, 1.54) is 5.56 Å². The Balaban J connectivity index is 1.91. The number of anilines is 1. The first kappa shape index (κ1) is 17.9. The van der Waals surface area contributed by atoms with Crippen molar-refractivity contribution in [2.75, 3.05) is 19.0 Å². The molecule has 0 unspecified atom stereocenters. The smallest absolute Gasteiger partial charge is 0.319 e. The van der Waals surface area contributed by atoms with Crippen LogP contribution < -0.4 is 15.4 Å². The van der Waals surface area contributed by atoms with Gasteiger partial charge in [-0.15, -0.1) is 0 Å². The largest absolute Gasteiger partial charge is 0.497 e. The van der Waals surface area contributed by atoms with Crippen molar-refractivity contribution in [3.8, 4) is 5.75 Å². The van der Waals surface area contributed by atoms with Crippen LogP contribution in [0.25, 0.3) is 0 Å². The van der Waals surface area contributed by atoms with E-state index in [-0.39, 0.29) is 11.4 Å². The Labute approximate surface area is 144 Å². The average molecular weight is 326 g/mol. The van der Waals surface area contributed by atoms with Crippen molar-refractivity contribution in [2.45, 2.75) is 32.6 Å². The number of ether oxygens (including phenoxy) is 1. The average Bonchev–Trinajstić information content (AvgIpc) is 2.61. The molecular weight excluding hydrogens is 300 g/mol. The van der Waals surface area contributed by atoms with Crippen molar-refractivity contribution < 1.29 is 9.53 Å². The lowest BCUT2D eigenvalue weighted by Crippen LogP contribution is -2.38. The van der Waals surface area contributed by atoms with Crippen LogP contribution in [0.3, 0.4) is 0 Å². The van der Waals surface area contributed by atoms with Crippen LogP contribution in [-0.4, -0.2) is 19.7 Å². The minimum Gasteiger partial charge on any atom is -0.497 e. The number of carbonyl (C=O) groups is 1. The molecule has 0 aliphatic heterocycles. The predicted molar refractivity (Wildman–Crippen MR) is 98.9 cm³/mol. The number of aryl methyl sites for hydroxylation is 1. The molecule has 2 aromatic rings. The van der Waals surface area contributed by atoms with Crippen LogP contribution in [0.2, 0.25) is 0 Å². The van der Waals surface area contributed by atoms with Crippen LogP contribution in [0.1, 0.15) is 31.9 Å². The third-order valence-electron chi connectivity index (χ3n) is 4.18.